The zero-order chi connectivity index (χ0) is 16.8. The molecule has 0 radical (unpaired) electrons. The van der Waals surface area contributed by atoms with Crippen molar-refractivity contribution in [2.75, 3.05) is 13.1 Å². The number of hydrogen-bond donors (Lipinski definition) is 1. The topological polar surface area (TPSA) is 58.6 Å². The van der Waals surface area contributed by atoms with Gasteiger partial charge in [-0.25, -0.2) is 4.79 Å². The van der Waals surface area contributed by atoms with Gasteiger partial charge in [0.2, 0.25) is 0 Å². The molecule has 0 spiro atoms. The molecule has 1 N–H and O–H groups in total. The third-order valence-corrected chi connectivity index (χ3v) is 4.07. The summed E-state index contributed by atoms with van der Waals surface area (Å²) in [6.07, 6.45) is 1.11. The van der Waals surface area contributed by atoms with E-state index < -0.39 is 0 Å². The maximum Gasteiger partial charge on any atom is 0.415 e. The van der Waals surface area contributed by atoms with Crippen LogP contribution < -0.4 is 10.1 Å². The lowest BCUT2D eigenvalue weighted by molar-refractivity contribution is 0.0910. The Balaban J connectivity index is 1.47. The minimum absolute atomic E-state index is 0.0686. The van der Waals surface area contributed by atoms with E-state index in [9.17, 15) is 9.59 Å². The molecule has 0 unspecified atom stereocenters. The molecule has 5 nitrogen and oxygen atoms in total. The maximum atomic E-state index is 12.2. The number of benzene rings is 2. The summed E-state index contributed by atoms with van der Waals surface area (Å²) in [7, 11) is 0. The van der Waals surface area contributed by atoms with Gasteiger partial charge >= 0.3 is 6.09 Å². The van der Waals surface area contributed by atoms with Gasteiger partial charge in [-0.05, 0) is 37.1 Å². The fraction of sp³-hybridized carbons (Fsp3) is 0.263. The molecule has 0 aliphatic carbocycles. The standard InChI is InChI=1S/C19H20N2O3/c22-18(15-7-3-1-4-8-15)20-16-11-13-21(14-12-16)19(23)24-17-9-5-2-6-10-17/h1-10,16H,11-14H2,(H,20,22). The Morgan fingerprint density at radius 1 is 0.917 bits per heavy atom. The lowest BCUT2D eigenvalue weighted by Gasteiger charge is -2.31. The molecule has 0 bridgehead atoms. The number of likely N-dealkylation sites (tertiary alicyclic amines) is 1. The van der Waals surface area contributed by atoms with Crippen molar-refractivity contribution in [3.8, 4) is 5.75 Å². The van der Waals surface area contributed by atoms with Crippen LogP contribution in [0.1, 0.15) is 23.2 Å². The van der Waals surface area contributed by atoms with Gasteiger partial charge in [-0.3, -0.25) is 4.79 Å². The summed E-state index contributed by atoms with van der Waals surface area (Å²) in [5, 5.41) is 3.03. The van der Waals surface area contributed by atoms with Gasteiger partial charge in [0, 0.05) is 24.7 Å². The number of carbonyl (C=O) groups is 2. The van der Waals surface area contributed by atoms with Gasteiger partial charge in [0.15, 0.2) is 0 Å². The molecule has 2 aromatic rings. The fourth-order valence-corrected chi connectivity index (χ4v) is 2.72. The summed E-state index contributed by atoms with van der Waals surface area (Å²) in [6.45, 7) is 1.15. The lowest BCUT2D eigenvalue weighted by atomic mass is 10.0. The molecular weight excluding hydrogens is 304 g/mol. The summed E-state index contributed by atoms with van der Waals surface area (Å²) < 4.78 is 5.34. The number of nitrogens with zero attached hydrogens (tertiary/aromatic N) is 1. The Kier molecular flexibility index (Phi) is 5.11. The molecule has 1 saturated heterocycles. The number of rotatable bonds is 3. The van der Waals surface area contributed by atoms with E-state index in [1.165, 1.54) is 0 Å². The predicted octanol–water partition coefficient (Wildman–Crippen LogP) is 3.08. The molecule has 1 aliphatic heterocycles. The Morgan fingerprint density at radius 3 is 2.12 bits per heavy atom. The first kappa shape index (κ1) is 16.1. The number of nitrogens with one attached hydrogen (secondary N) is 1. The van der Waals surface area contributed by atoms with Crippen LogP contribution in [0.25, 0.3) is 0 Å². The molecule has 2 amide bonds. The average molecular weight is 324 g/mol. The number of carbonyl (C=O) groups excluding carboxylic acids is 2. The molecule has 24 heavy (non-hydrogen) atoms. The summed E-state index contributed by atoms with van der Waals surface area (Å²) >= 11 is 0. The molecule has 2 aromatic carbocycles. The first-order valence-corrected chi connectivity index (χ1v) is 8.10. The monoisotopic (exact) mass is 324 g/mol. The van der Waals surface area contributed by atoms with Gasteiger partial charge in [0.05, 0.1) is 0 Å². The molecule has 0 aromatic heterocycles. The van der Waals surface area contributed by atoms with E-state index in [1.807, 2.05) is 36.4 Å². The number of ether oxygens (including phenoxy) is 1. The summed E-state index contributed by atoms with van der Waals surface area (Å²) in [6, 6.07) is 18.3. The van der Waals surface area contributed by atoms with Gasteiger partial charge in [-0.1, -0.05) is 36.4 Å². The van der Waals surface area contributed by atoms with E-state index in [4.69, 9.17) is 4.74 Å². The minimum atomic E-state index is -0.339. The van der Waals surface area contributed by atoms with Crippen molar-refractivity contribution < 1.29 is 14.3 Å². The number of hydrogen-bond acceptors (Lipinski definition) is 3. The van der Waals surface area contributed by atoms with Crippen LogP contribution in [0.4, 0.5) is 4.79 Å². The van der Waals surface area contributed by atoms with Gasteiger partial charge in [-0.15, -0.1) is 0 Å². The summed E-state index contributed by atoms with van der Waals surface area (Å²) in [5.74, 6) is 0.475. The molecule has 0 atom stereocenters. The average Bonchev–Trinajstić information content (AvgIpc) is 2.64. The van der Waals surface area contributed by atoms with E-state index in [0.29, 0.717) is 24.4 Å². The van der Waals surface area contributed by atoms with Crippen molar-refractivity contribution >= 4 is 12.0 Å². The first-order valence-electron chi connectivity index (χ1n) is 8.10. The Labute approximate surface area is 141 Å². The third kappa shape index (κ3) is 4.13. The van der Waals surface area contributed by atoms with Crippen LogP contribution in [-0.2, 0) is 0 Å². The van der Waals surface area contributed by atoms with E-state index in [1.54, 1.807) is 29.2 Å². The van der Waals surface area contributed by atoms with Crippen molar-refractivity contribution in [3.63, 3.8) is 0 Å². The SMILES string of the molecule is O=C(NC1CCN(C(=O)Oc2ccccc2)CC1)c1ccccc1. The van der Waals surface area contributed by atoms with Gasteiger partial charge in [0.25, 0.3) is 5.91 Å². The highest BCUT2D eigenvalue weighted by Crippen LogP contribution is 2.15. The van der Waals surface area contributed by atoms with Crippen molar-refractivity contribution in [2.45, 2.75) is 18.9 Å². The largest absolute Gasteiger partial charge is 0.415 e. The highest BCUT2D eigenvalue weighted by Gasteiger charge is 2.25. The second-order valence-corrected chi connectivity index (χ2v) is 5.78. The van der Waals surface area contributed by atoms with E-state index in [-0.39, 0.29) is 18.0 Å². The number of piperidine rings is 1. The Bertz CT molecular complexity index is 680. The normalized spacial score (nSPS) is 14.9. The van der Waals surface area contributed by atoms with Crippen LogP contribution in [0, 0.1) is 0 Å². The van der Waals surface area contributed by atoms with E-state index >= 15 is 0 Å². The van der Waals surface area contributed by atoms with Gasteiger partial charge < -0.3 is 15.0 Å². The quantitative estimate of drug-likeness (QED) is 0.944. The molecule has 1 fully saturated rings. The van der Waals surface area contributed by atoms with Gasteiger partial charge in [-0.2, -0.15) is 0 Å². The van der Waals surface area contributed by atoms with Crippen LogP contribution in [0.15, 0.2) is 60.7 Å². The molecule has 0 saturated carbocycles. The molecule has 3 rings (SSSR count). The zero-order valence-electron chi connectivity index (χ0n) is 13.4. The second kappa shape index (κ2) is 7.64. The maximum absolute atomic E-state index is 12.2. The predicted molar refractivity (Wildman–Crippen MR) is 91.0 cm³/mol. The second-order valence-electron chi connectivity index (χ2n) is 5.78. The van der Waals surface area contributed by atoms with Crippen molar-refractivity contribution in [1.29, 1.82) is 0 Å². The van der Waals surface area contributed by atoms with Crippen LogP contribution in [0.5, 0.6) is 5.75 Å². The van der Waals surface area contributed by atoms with Crippen LogP contribution in [-0.4, -0.2) is 36.0 Å². The molecule has 124 valence electrons. The molecule has 1 aliphatic rings. The minimum Gasteiger partial charge on any atom is -0.410 e. The highest BCUT2D eigenvalue weighted by atomic mass is 16.6. The van der Waals surface area contributed by atoms with Crippen LogP contribution >= 0.6 is 0 Å². The Hall–Kier alpha value is -2.82. The van der Waals surface area contributed by atoms with E-state index in [0.717, 1.165) is 12.8 Å². The van der Waals surface area contributed by atoms with Crippen LogP contribution in [0.2, 0.25) is 0 Å². The van der Waals surface area contributed by atoms with Crippen molar-refractivity contribution in [3.05, 3.63) is 66.2 Å². The molecule has 1 heterocycles. The smallest absolute Gasteiger partial charge is 0.410 e. The number of para-hydroxylation sites is 1. The highest BCUT2D eigenvalue weighted by molar-refractivity contribution is 5.94. The molecular formula is C19H20N2O3. The third-order valence-electron chi connectivity index (χ3n) is 4.07. The lowest BCUT2D eigenvalue weighted by Crippen LogP contribution is -2.47. The fourth-order valence-electron chi connectivity index (χ4n) is 2.72. The zero-order valence-corrected chi connectivity index (χ0v) is 13.4. The molecule has 5 heteroatoms. The van der Waals surface area contributed by atoms with Gasteiger partial charge in [0.1, 0.15) is 5.75 Å². The number of amides is 2. The first-order chi connectivity index (χ1) is 11.7. The van der Waals surface area contributed by atoms with Crippen molar-refractivity contribution in [2.24, 2.45) is 0 Å². The summed E-state index contributed by atoms with van der Waals surface area (Å²) in [5.41, 5.74) is 0.656. The summed E-state index contributed by atoms with van der Waals surface area (Å²) in [4.78, 5) is 26.0. The Morgan fingerprint density at radius 2 is 1.50 bits per heavy atom. The van der Waals surface area contributed by atoms with Crippen LogP contribution in [0.3, 0.4) is 0 Å². The van der Waals surface area contributed by atoms with E-state index in [2.05, 4.69) is 5.32 Å². The van der Waals surface area contributed by atoms with Crippen molar-refractivity contribution in [1.82, 2.24) is 10.2 Å².